The average molecular weight is 304 g/mol. The van der Waals surface area contributed by atoms with E-state index in [9.17, 15) is 8.78 Å². The highest BCUT2D eigenvalue weighted by molar-refractivity contribution is 9.10. The average Bonchev–Trinajstić information content (AvgIpc) is 2.17. The van der Waals surface area contributed by atoms with Crippen LogP contribution in [0.4, 0.5) is 14.5 Å². The van der Waals surface area contributed by atoms with Gasteiger partial charge in [-0.3, -0.25) is 0 Å². The number of rotatable bonds is 0. The van der Waals surface area contributed by atoms with Crippen LogP contribution in [0.25, 0.3) is 0 Å². The number of hydrogen-bond donors (Lipinski definition) is 1. The van der Waals surface area contributed by atoms with Crippen LogP contribution < -0.4 is 5.73 Å². The lowest BCUT2D eigenvalue weighted by Gasteiger charge is -2.06. The first-order valence-electron chi connectivity index (χ1n) is 4.68. The van der Waals surface area contributed by atoms with Crippen LogP contribution in [0.5, 0.6) is 0 Å². The maximum absolute atomic E-state index is 13.3. The predicted molar refractivity (Wildman–Crippen MR) is 68.7 cm³/mol. The summed E-state index contributed by atoms with van der Waals surface area (Å²) in [5.74, 6) is 0.789. The minimum absolute atomic E-state index is 0.0408. The topological polar surface area (TPSA) is 26.0 Å². The molecule has 0 atom stereocenters. The first-order chi connectivity index (χ1) is 7.22. The zero-order chi connectivity index (χ0) is 12.5. The van der Waals surface area contributed by atoms with Crippen molar-refractivity contribution in [2.75, 3.05) is 5.73 Å². The Hall–Kier alpha value is -0.863. The summed E-state index contributed by atoms with van der Waals surface area (Å²) in [7, 11) is -1.56. The van der Waals surface area contributed by atoms with Crippen molar-refractivity contribution in [1.29, 1.82) is 0 Å². The quantitative estimate of drug-likeness (QED) is 0.337. The van der Waals surface area contributed by atoms with E-state index >= 15 is 0 Å². The second kappa shape index (κ2) is 4.56. The van der Waals surface area contributed by atoms with E-state index in [1.54, 1.807) is 0 Å². The van der Waals surface area contributed by atoms with Crippen molar-refractivity contribution in [2.24, 2.45) is 0 Å². The van der Waals surface area contributed by atoms with Crippen LogP contribution in [0.15, 0.2) is 10.5 Å². The van der Waals surface area contributed by atoms with Crippen LogP contribution in [0.3, 0.4) is 0 Å². The van der Waals surface area contributed by atoms with Gasteiger partial charge in [-0.1, -0.05) is 25.6 Å². The van der Waals surface area contributed by atoms with Gasteiger partial charge in [-0.15, -0.1) is 5.54 Å². The van der Waals surface area contributed by atoms with Gasteiger partial charge >= 0.3 is 0 Å². The Morgan fingerprint density at radius 2 is 1.81 bits per heavy atom. The summed E-state index contributed by atoms with van der Waals surface area (Å²) < 4.78 is 26.4. The van der Waals surface area contributed by atoms with E-state index in [1.165, 1.54) is 6.07 Å². The molecule has 1 nitrogen and oxygen atoms in total. The molecule has 0 spiro atoms. The Balaban J connectivity index is 3.31. The molecule has 1 rings (SSSR count). The van der Waals surface area contributed by atoms with Crippen molar-refractivity contribution in [2.45, 2.75) is 19.6 Å². The molecule has 0 heterocycles. The smallest absolute Gasteiger partial charge is 0.184 e. The molecule has 0 saturated heterocycles. The molecule has 0 aliphatic heterocycles. The molecule has 0 fully saturated rings. The number of benzene rings is 1. The predicted octanol–water partition coefficient (Wildman–Crippen LogP) is 3.54. The van der Waals surface area contributed by atoms with Gasteiger partial charge in [0, 0.05) is 0 Å². The summed E-state index contributed by atoms with van der Waals surface area (Å²) in [6.07, 6.45) is 0. The first kappa shape index (κ1) is 13.2. The maximum Gasteiger partial charge on any atom is 0.184 e. The Bertz CT molecular complexity index is 483. The van der Waals surface area contributed by atoms with E-state index in [-0.39, 0.29) is 10.2 Å². The standard InChI is InChI=1S/C11H12BrF2NSi/c1-16(2,3)5-4-7-6-8(12)9(13)10(14)11(7)15/h6H,15H2,1-3H3. The molecule has 0 aliphatic rings. The highest BCUT2D eigenvalue weighted by Crippen LogP contribution is 2.26. The summed E-state index contributed by atoms with van der Waals surface area (Å²) in [5, 5.41) is 0. The molecule has 0 aromatic heterocycles. The van der Waals surface area contributed by atoms with E-state index < -0.39 is 19.7 Å². The van der Waals surface area contributed by atoms with E-state index in [2.05, 4.69) is 47.0 Å². The number of nitrogen functional groups attached to an aromatic ring is 1. The molecule has 0 aliphatic carbocycles. The molecule has 0 saturated carbocycles. The highest BCUT2D eigenvalue weighted by atomic mass is 79.9. The minimum Gasteiger partial charge on any atom is -0.395 e. The lowest BCUT2D eigenvalue weighted by atomic mass is 10.2. The summed E-state index contributed by atoms with van der Waals surface area (Å²) in [6.45, 7) is 6.18. The zero-order valence-corrected chi connectivity index (χ0v) is 11.9. The lowest BCUT2D eigenvalue weighted by Crippen LogP contribution is -2.16. The second-order valence-electron chi connectivity index (χ2n) is 4.45. The molecule has 86 valence electrons. The van der Waals surface area contributed by atoms with Gasteiger partial charge in [0.25, 0.3) is 0 Å². The third kappa shape index (κ3) is 3.06. The SMILES string of the molecule is C[Si](C)(C)C#Cc1cc(Br)c(F)c(F)c1N. The van der Waals surface area contributed by atoms with Crippen LogP contribution in [-0.2, 0) is 0 Å². The summed E-state index contributed by atoms with van der Waals surface area (Å²) in [6, 6.07) is 1.40. The summed E-state index contributed by atoms with van der Waals surface area (Å²) in [5.41, 5.74) is 8.61. The number of anilines is 1. The van der Waals surface area contributed by atoms with Crippen molar-refractivity contribution >= 4 is 29.7 Å². The van der Waals surface area contributed by atoms with Gasteiger partial charge in [-0.2, -0.15) is 0 Å². The van der Waals surface area contributed by atoms with Gasteiger partial charge in [-0.05, 0) is 22.0 Å². The van der Waals surface area contributed by atoms with Gasteiger partial charge < -0.3 is 5.73 Å². The van der Waals surface area contributed by atoms with Gasteiger partial charge in [0.15, 0.2) is 11.6 Å². The van der Waals surface area contributed by atoms with Crippen molar-refractivity contribution in [1.82, 2.24) is 0 Å². The summed E-state index contributed by atoms with van der Waals surface area (Å²) >= 11 is 2.92. The number of nitrogens with two attached hydrogens (primary N) is 1. The molecular weight excluding hydrogens is 292 g/mol. The van der Waals surface area contributed by atoms with Crippen molar-refractivity contribution < 1.29 is 8.78 Å². The maximum atomic E-state index is 13.3. The molecule has 0 bridgehead atoms. The van der Waals surface area contributed by atoms with Crippen molar-refractivity contribution in [3.63, 3.8) is 0 Å². The van der Waals surface area contributed by atoms with Crippen molar-refractivity contribution in [3.8, 4) is 11.5 Å². The van der Waals surface area contributed by atoms with Crippen LogP contribution >= 0.6 is 15.9 Å². The van der Waals surface area contributed by atoms with Gasteiger partial charge in [0.1, 0.15) is 8.07 Å². The van der Waals surface area contributed by atoms with Gasteiger partial charge in [0.05, 0.1) is 15.7 Å². The van der Waals surface area contributed by atoms with Gasteiger partial charge in [0.2, 0.25) is 0 Å². The van der Waals surface area contributed by atoms with E-state index in [4.69, 9.17) is 5.73 Å². The fraction of sp³-hybridized carbons (Fsp3) is 0.273. The zero-order valence-electron chi connectivity index (χ0n) is 9.29. The fourth-order valence-electron chi connectivity index (χ4n) is 0.967. The van der Waals surface area contributed by atoms with Crippen molar-refractivity contribution in [3.05, 3.63) is 27.7 Å². The van der Waals surface area contributed by atoms with Gasteiger partial charge in [-0.25, -0.2) is 8.78 Å². The number of halogens is 3. The Morgan fingerprint density at radius 3 is 2.31 bits per heavy atom. The normalized spacial score (nSPS) is 10.9. The van der Waals surface area contributed by atoms with E-state index in [0.717, 1.165) is 0 Å². The lowest BCUT2D eigenvalue weighted by molar-refractivity contribution is 0.507. The third-order valence-corrected chi connectivity index (χ3v) is 3.22. The monoisotopic (exact) mass is 303 g/mol. The Morgan fingerprint density at radius 1 is 1.25 bits per heavy atom. The highest BCUT2D eigenvalue weighted by Gasteiger charge is 2.14. The Labute approximate surface area is 103 Å². The Kier molecular flexibility index (Phi) is 3.76. The van der Waals surface area contributed by atoms with Crippen LogP contribution in [-0.4, -0.2) is 8.07 Å². The summed E-state index contributed by atoms with van der Waals surface area (Å²) in [4.78, 5) is 0. The molecule has 0 amide bonds. The third-order valence-electron chi connectivity index (χ3n) is 1.77. The first-order valence-corrected chi connectivity index (χ1v) is 8.98. The largest absolute Gasteiger partial charge is 0.395 e. The van der Waals surface area contributed by atoms with Crippen LogP contribution in [0.2, 0.25) is 19.6 Å². The van der Waals surface area contributed by atoms with Crippen LogP contribution in [0, 0.1) is 23.1 Å². The second-order valence-corrected chi connectivity index (χ2v) is 10.1. The van der Waals surface area contributed by atoms with E-state index in [0.29, 0.717) is 5.56 Å². The molecule has 16 heavy (non-hydrogen) atoms. The molecule has 0 unspecified atom stereocenters. The fourth-order valence-corrected chi connectivity index (χ4v) is 1.88. The molecule has 5 heteroatoms. The molecule has 0 radical (unpaired) electrons. The number of hydrogen-bond acceptors (Lipinski definition) is 1. The van der Waals surface area contributed by atoms with Crippen LogP contribution in [0.1, 0.15) is 5.56 Å². The van der Waals surface area contributed by atoms with E-state index in [1.807, 2.05) is 0 Å². The molecular formula is C11H12BrF2NSi. The molecule has 2 N–H and O–H groups in total. The molecule has 1 aromatic rings. The minimum atomic E-state index is -1.56. The molecule has 1 aromatic carbocycles.